The van der Waals surface area contributed by atoms with Crippen molar-refractivity contribution in [1.29, 1.82) is 0 Å². The summed E-state index contributed by atoms with van der Waals surface area (Å²) >= 11 is 11.9. The van der Waals surface area contributed by atoms with Gasteiger partial charge in [-0.3, -0.25) is 9.59 Å². The molecule has 0 saturated heterocycles. The summed E-state index contributed by atoms with van der Waals surface area (Å²) in [4.78, 5) is 36.3. The Morgan fingerprint density at radius 2 is 1.72 bits per heavy atom. The lowest BCUT2D eigenvalue weighted by molar-refractivity contribution is -0.136. The molecule has 7 nitrogen and oxygen atoms in total. The zero-order chi connectivity index (χ0) is 23.1. The molecule has 0 aliphatic rings. The van der Waals surface area contributed by atoms with E-state index in [0.29, 0.717) is 16.3 Å². The molecule has 9 heteroatoms. The van der Waals surface area contributed by atoms with E-state index in [0.717, 1.165) is 5.56 Å². The fourth-order valence-electron chi connectivity index (χ4n) is 2.58. The average Bonchev–Trinajstić information content (AvgIpc) is 2.75. The minimum atomic E-state index is -0.926. The SMILES string of the molecule is Cc1ccccc1NC(=O)C(=O)NN=Cc1cccc(OC(=O)c2ccc(Cl)cc2Cl)c1. The van der Waals surface area contributed by atoms with Crippen LogP contribution in [0.4, 0.5) is 5.69 Å². The van der Waals surface area contributed by atoms with Gasteiger partial charge in [0.15, 0.2) is 0 Å². The van der Waals surface area contributed by atoms with E-state index >= 15 is 0 Å². The van der Waals surface area contributed by atoms with Crippen molar-refractivity contribution in [3.05, 3.63) is 93.5 Å². The van der Waals surface area contributed by atoms with Crippen LogP contribution < -0.4 is 15.5 Å². The first-order chi connectivity index (χ1) is 15.3. The summed E-state index contributed by atoms with van der Waals surface area (Å²) in [6.45, 7) is 1.81. The van der Waals surface area contributed by atoms with E-state index in [9.17, 15) is 14.4 Å². The molecular formula is C23H17Cl2N3O4. The van der Waals surface area contributed by atoms with Gasteiger partial charge < -0.3 is 10.1 Å². The van der Waals surface area contributed by atoms with Crippen LogP contribution in [0.25, 0.3) is 0 Å². The van der Waals surface area contributed by atoms with Crippen molar-refractivity contribution < 1.29 is 19.1 Å². The number of para-hydroxylation sites is 1. The Hall–Kier alpha value is -3.68. The second-order valence-corrected chi connectivity index (χ2v) is 7.40. The number of nitrogens with one attached hydrogen (secondary N) is 2. The topological polar surface area (TPSA) is 96.9 Å². The lowest BCUT2D eigenvalue weighted by Gasteiger charge is -2.07. The predicted octanol–water partition coefficient (Wildman–Crippen LogP) is 4.61. The van der Waals surface area contributed by atoms with Gasteiger partial charge in [-0.25, -0.2) is 10.2 Å². The Morgan fingerprint density at radius 3 is 2.47 bits per heavy atom. The first-order valence-electron chi connectivity index (χ1n) is 9.31. The molecule has 3 aromatic rings. The normalized spacial score (nSPS) is 10.6. The molecule has 0 atom stereocenters. The summed E-state index contributed by atoms with van der Waals surface area (Å²) in [6, 6.07) is 17.9. The van der Waals surface area contributed by atoms with Gasteiger partial charge in [0, 0.05) is 10.7 Å². The first-order valence-corrected chi connectivity index (χ1v) is 10.1. The number of rotatable bonds is 5. The minimum absolute atomic E-state index is 0.169. The highest BCUT2D eigenvalue weighted by Crippen LogP contribution is 2.23. The number of carbonyl (C=O) groups is 3. The highest BCUT2D eigenvalue weighted by Gasteiger charge is 2.14. The summed E-state index contributed by atoms with van der Waals surface area (Å²) in [5.41, 5.74) is 4.20. The fraction of sp³-hybridized carbons (Fsp3) is 0.0435. The summed E-state index contributed by atoms with van der Waals surface area (Å²) in [5, 5.41) is 6.85. The highest BCUT2D eigenvalue weighted by molar-refractivity contribution is 6.39. The maximum absolute atomic E-state index is 12.3. The average molecular weight is 470 g/mol. The van der Waals surface area contributed by atoms with E-state index in [4.69, 9.17) is 27.9 Å². The van der Waals surface area contributed by atoms with E-state index < -0.39 is 17.8 Å². The Morgan fingerprint density at radius 1 is 0.938 bits per heavy atom. The number of aryl methyl sites for hydroxylation is 1. The van der Waals surface area contributed by atoms with E-state index in [1.807, 2.05) is 19.1 Å². The fourth-order valence-corrected chi connectivity index (χ4v) is 3.07. The minimum Gasteiger partial charge on any atom is -0.423 e. The summed E-state index contributed by atoms with van der Waals surface area (Å²) < 4.78 is 5.33. The Kier molecular flexibility index (Phi) is 7.59. The van der Waals surface area contributed by atoms with Gasteiger partial charge in [0.25, 0.3) is 0 Å². The Labute approximate surface area is 194 Å². The third kappa shape index (κ3) is 6.16. The number of ether oxygens (including phenoxy) is 1. The molecule has 0 saturated carbocycles. The van der Waals surface area contributed by atoms with Crippen LogP contribution in [0.2, 0.25) is 10.0 Å². The number of hydrazone groups is 1. The summed E-state index contributed by atoms with van der Waals surface area (Å²) in [5.74, 6) is -2.18. The molecule has 32 heavy (non-hydrogen) atoms. The van der Waals surface area contributed by atoms with Gasteiger partial charge in [-0.1, -0.05) is 53.5 Å². The molecule has 0 aliphatic heterocycles. The van der Waals surface area contributed by atoms with Gasteiger partial charge in [-0.2, -0.15) is 5.10 Å². The van der Waals surface area contributed by atoms with Crippen molar-refractivity contribution in [3.63, 3.8) is 0 Å². The van der Waals surface area contributed by atoms with Gasteiger partial charge in [-0.05, 0) is 54.4 Å². The van der Waals surface area contributed by atoms with Gasteiger partial charge >= 0.3 is 17.8 Å². The van der Waals surface area contributed by atoms with Crippen LogP contribution in [-0.4, -0.2) is 24.0 Å². The van der Waals surface area contributed by atoms with Gasteiger partial charge in [0.2, 0.25) is 0 Å². The zero-order valence-electron chi connectivity index (χ0n) is 16.8. The number of benzene rings is 3. The standard InChI is InChI=1S/C23H17Cl2N3O4/c1-14-5-2-3-8-20(14)27-21(29)22(30)28-26-13-15-6-4-7-17(11-15)32-23(31)18-10-9-16(24)12-19(18)25/h2-13H,1H3,(H,27,29)(H,28,30). The third-order valence-electron chi connectivity index (χ3n) is 4.20. The van der Waals surface area contributed by atoms with E-state index in [1.54, 1.807) is 30.3 Å². The molecule has 2 N–H and O–H groups in total. The van der Waals surface area contributed by atoms with Crippen molar-refractivity contribution in [3.8, 4) is 5.75 Å². The second kappa shape index (κ2) is 10.6. The smallest absolute Gasteiger partial charge is 0.345 e. The van der Waals surface area contributed by atoms with Crippen LogP contribution in [0.15, 0.2) is 71.8 Å². The van der Waals surface area contributed by atoms with E-state index in [2.05, 4.69) is 15.8 Å². The number of hydrogen-bond acceptors (Lipinski definition) is 5. The lowest BCUT2D eigenvalue weighted by Crippen LogP contribution is -2.32. The van der Waals surface area contributed by atoms with Crippen LogP contribution >= 0.6 is 23.2 Å². The van der Waals surface area contributed by atoms with Crippen molar-refractivity contribution in [2.75, 3.05) is 5.32 Å². The number of nitrogens with zero attached hydrogens (tertiary/aromatic N) is 1. The molecule has 3 aromatic carbocycles. The van der Waals surface area contributed by atoms with Crippen molar-refractivity contribution in [2.24, 2.45) is 5.10 Å². The molecule has 0 fully saturated rings. The molecule has 0 spiro atoms. The summed E-state index contributed by atoms with van der Waals surface area (Å²) in [6.07, 6.45) is 1.31. The maximum atomic E-state index is 12.3. The van der Waals surface area contributed by atoms with E-state index in [-0.39, 0.29) is 16.3 Å². The summed E-state index contributed by atoms with van der Waals surface area (Å²) in [7, 11) is 0. The Bertz CT molecular complexity index is 1210. The van der Waals surface area contributed by atoms with Gasteiger partial charge in [0.1, 0.15) is 5.75 Å². The predicted molar refractivity (Wildman–Crippen MR) is 123 cm³/mol. The lowest BCUT2D eigenvalue weighted by atomic mass is 10.2. The Balaban J connectivity index is 1.59. The largest absolute Gasteiger partial charge is 0.423 e. The quantitative estimate of drug-likeness (QED) is 0.187. The van der Waals surface area contributed by atoms with Gasteiger partial charge in [-0.15, -0.1) is 0 Å². The highest BCUT2D eigenvalue weighted by atomic mass is 35.5. The van der Waals surface area contributed by atoms with Crippen LogP contribution in [0.3, 0.4) is 0 Å². The van der Waals surface area contributed by atoms with Crippen molar-refractivity contribution in [1.82, 2.24) is 5.43 Å². The molecule has 162 valence electrons. The van der Waals surface area contributed by atoms with Crippen LogP contribution in [-0.2, 0) is 9.59 Å². The van der Waals surface area contributed by atoms with Crippen molar-refractivity contribution >= 4 is 52.9 Å². The number of hydrogen-bond donors (Lipinski definition) is 2. The van der Waals surface area contributed by atoms with Crippen LogP contribution in [0.1, 0.15) is 21.5 Å². The molecule has 3 rings (SSSR count). The maximum Gasteiger partial charge on any atom is 0.345 e. The van der Waals surface area contributed by atoms with Crippen molar-refractivity contribution in [2.45, 2.75) is 6.92 Å². The molecule has 0 radical (unpaired) electrons. The van der Waals surface area contributed by atoms with Gasteiger partial charge in [0.05, 0.1) is 16.8 Å². The third-order valence-corrected chi connectivity index (χ3v) is 4.75. The number of halogens is 2. The molecule has 0 aliphatic carbocycles. The molecule has 0 bridgehead atoms. The molecule has 0 heterocycles. The first kappa shape index (κ1) is 23.0. The molecule has 0 unspecified atom stereocenters. The monoisotopic (exact) mass is 469 g/mol. The number of amides is 2. The van der Waals surface area contributed by atoms with Crippen LogP contribution in [0.5, 0.6) is 5.75 Å². The van der Waals surface area contributed by atoms with E-state index in [1.165, 1.54) is 30.5 Å². The molecule has 2 amide bonds. The zero-order valence-corrected chi connectivity index (χ0v) is 18.3. The van der Waals surface area contributed by atoms with Crippen LogP contribution in [0, 0.1) is 6.92 Å². The number of anilines is 1. The molecule has 0 aromatic heterocycles. The second-order valence-electron chi connectivity index (χ2n) is 6.55. The number of esters is 1. The number of carbonyl (C=O) groups excluding carboxylic acids is 3. The molecular weight excluding hydrogens is 453 g/mol.